The van der Waals surface area contributed by atoms with E-state index in [4.69, 9.17) is 9.47 Å². The lowest BCUT2D eigenvalue weighted by molar-refractivity contribution is -0.131. The number of carbonyl (C=O) groups is 2. The van der Waals surface area contributed by atoms with Crippen molar-refractivity contribution in [2.24, 2.45) is 0 Å². The number of ether oxygens (including phenoxy) is 2. The molecule has 1 heterocycles. The molecule has 0 atom stereocenters. The van der Waals surface area contributed by atoms with E-state index in [1.807, 2.05) is 42.5 Å². The molecule has 4 heteroatoms. The molecule has 1 aliphatic rings. The number of carbonyl (C=O) groups excluding carboxylic acids is 2. The predicted molar refractivity (Wildman–Crippen MR) is 103 cm³/mol. The van der Waals surface area contributed by atoms with E-state index >= 15 is 0 Å². The minimum Gasteiger partial charge on any atom is -0.452 e. The van der Waals surface area contributed by atoms with Crippen LogP contribution in [0, 0.1) is 0 Å². The first kappa shape index (κ1) is 16.8. The first-order chi connectivity index (χ1) is 13.1. The minimum absolute atomic E-state index is 0.188. The number of ketones is 1. The van der Waals surface area contributed by atoms with Crippen LogP contribution in [0.3, 0.4) is 0 Å². The van der Waals surface area contributed by atoms with E-state index in [9.17, 15) is 9.59 Å². The van der Waals surface area contributed by atoms with Gasteiger partial charge in [0.15, 0.2) is 5.76 Å². The second-order valence-corrected chi connectivity index (χ2v) is 6.18. The van der Waals surface area contributed by atoms with Crippen LogP contribution < -0.4 is 9.47 Å². The number of hydrogen-bond donors (Lipinski definition) is 0. The van der Waals surface area contributed by atoms with Crippen LogP contribution in [0.25, 0.3) is 17.2 Å². The zero-order chi connectivity index (χ0) is 18.8. The summed E-state index contributed by atoms with van der Waals surface area (Å²) in [6.07, 6.45) is 1.71. The molecule has 0 spiro atoms. The van der Waals surface area contributed by atoms with Gasteiger partial charge in [0.05, 0.1) is 5.56 Å². The van der Waals surface area contributed by atoms with Crippen molar-refractivity contribution in [2.45, 2.75) is 6.92 Å². The molecule has 27 heavy (non-hydrogen) atoms. The highest BCUT2D eigenvalue weighted by Gasteiger charge is 2.27. The van der Waals surface area contributed by atoms with Crippen molar-refractivity contribution in [3.05, 3.63) is 89.7 Å². The zero-order valence-corrected chi connectivity index (χ0v) is 14.6. The molecule has 3 aromatic carbocycles. The number of esters is 1. The monoisotopic (exact) mass is 356 g/mol. The van der Waals surface area contributed by atoms with E-state index in [-0.39, 0.29) is 11.5 Å². The summed E-state index contributed by atoms with van der Waals surface area (Å²) < 4.78 is 10.7. The molecule has 132 valence electrons. The Morgan fingerprint density at radius 2 is 1.63 bits per heavy atom. The molecule has 3 aromatic rings. The van der Waals surface area contributed by atoms with Gasteiger partial charge in [0.1, 0.15) is 11.5 Å². The molecule has 0 bridgehead atoms. The Kier molecular flexibility index (Phi) is 4.30. The van der Waals surface area contributed by atoms with Crippen LogP contribution in [0.2, 0.25) is 0 Å². The maximum absolute atomic E-state index is 12.5. The fraction of sp³-hybridized carbons (Fsp3) is 0.0435. The number of rotatable bonds is 3. The molecule has 0 aliphatic carbocycles. The van der Waals surface area contributed by atoms with Crippen molar-refractivity contribution in [3.63, 3.8) is 0 Å². The summed E-state index contributed by atoms with van der Waals surface area (Å²) in [5, 5.41) is 0. The van der Waals surface area contributed by atoms with Gasteiger partial charge in [0, 0.05) is 13.0 Å². The van der Waals surface area contributed by atoms with E-state index < -0.39 is 5.97 Å². The quantitative estimate of drug-likeness (QED) is 0.381. The lowest BCUT2D eigenvalue weighted by Crippen LogP contribution is -2.01. The zero-order valence-electron chi connectivity index (χ0n) is 14.6. The smallest absolute Gasteiger partial charge is 0.308 e. The van der Waals surface area contributed by atoms with E-state index in [1.165, 1.54) is 6.92 Å². The van der Waals surface area contributed by atoms with Gasteiger partial charge < -0.3 is 9.47 Å². The summed E-state index contributed by atoms with van der Waals surface area (Å²) in [4.78, 5) is 23.6. The van der Waals surface area contributed by atoms with Gasteiger partial charge in [-0.15, -0.1) is 0 Å². The Morgan fingerprint density at radius 1 is 0.926 bits per heavy atom. The molecule has 4 rings (SSSR count). The number of benzene rings is 3. The van der Waals surface area contributed by atoms with Gasteiger partial charge in [0.25, 0.3) is 0 Å². The maximum atomic E-state index is 12.5. The Morgan fingerprint density at radius 3 is 2.33 bits per heavy atom. The molecule has 0 saturated carbocycles. The van der Waals surface area contributed by atoms with Crippen LogP contribution in [0.15, 0.2) is 78.6 Å². The number of fused-ring (bicyclic) bond motifs is 1. The molecular formula is C23H16O4. The summed E-state index contributed by atoms with van der Waals surface area (Å²) in [5.74, 6) is 0.380. The lowest BCUT2D eigenvalue weighted by Gasteiger charge is -2.03. The molecule has 4 nitrogen and oxygen atoms in total. The Labute approximate surface area is 156 Å². The fourth-order valence-electron chi connectivity index (χ4n) is 2.95. The molecule has 0 unspecified atom stereocenters. The standard InChI is InChI=1S/C23H16O4/c1-15(24)26-19-11-12-20-21(14-19)27-22(23(20)25)13-16-7-9-18(10-8-16)17-5-3-2-4-6-17/h2-14H,1H3/b22-13-. The second kappa shape index (κ2) is 6.92. The number of allylic oxidation sites excluding steroid dienone is 1. The highest BCUT2D eigenvalue weighted by Crippen LogP contribution is 2.35. The summed E-state index contributed by atoms with van der Waals surface area (Å²) in [5.41, 5.74) is 3.56. The molecular weight excluding hydrogens is 340 g/mol. The number of hydrogen-bond acceptors (Lipinski definition) is 4. The topological polar surface area (TPSA) is 52.6 Å². The molecule has 0 amide bonds. The van der Waals surface area contributed by atoms with Crippen LogP contribution in [0.4, 0.5) is 0 Å². The van der Waals surface area contributed by atoms with Crippen molar-refractivity contribution in [3.8, 4) is 22.6 Å². The largest absolute Gasteiger partial charge is 0.452 e. The van der Waals surface area contributed by atoms with Gasteiger partial charge in [-0.05, 0) is 34.9 Å². The Balaban J connectivity index is 1.57. The van der Waals surface area contributed by atoms with Crippen molar-refractivity contribution in [1.29, 1.82) is 0 Å². The normalized spacial score (nSPS) is 14.0. The van der Waals surface area contributed by atoms with Gasteiger partial charge >= 0.3 is 5.97 Å². The Hall–Kier alpha value is -3.66. The van der Waals surface area contributed by atoms with E-state index in [0.29, 0.717) is 17.1 Å². The molecule has 0 fully saturated rings. The minimum atomic E-state index is -0.423. The molecule has 0 radical (unpaired) electrons. The SMILES string of the molecule is CC(=O)Oc1ccc2c(c1)O/C(=C\c1ccc(-c3ccccc3)cc1)C2=O. The second-order valence-electron chi connectivity index (χ2n) is 6.18. The number of Topliss-reactive ketones (excluding diaryl/α,β-unsaturated/α-hetero) is 1. The average Bonchev–Trinajstić information content (AvgIpc) is 2.97. The average molecular weight is 356 g/mol. The third-order valence-corrected chi connectivity index (χ3v) is 4.22. The third kappa shape index (κ3) is 3.51. The van der Waals surface area contributed by atoms with E-state index in [2.05, 4.69) is 12.1 Å². The van der Waals surface area contributed by atoms with Crippen molar-refractivity contribution in [2.75, 3.05) is 0 Å². The first-order valence-corrected chi connectivity index (χ1v) is 8.52. The van der Waals surface area contributed by atoms with Gasteiger partial charge in [-0.25, -0.2) is 0 Å². The van der Waals surface area contributed by atoms with Crippen LogP contribution in [-0.4, -0.2) is 11.8 Å². The van der Waals surface area contributed by atoms with Crippen LogP contribution in [0.1, 0.15) is 22.8 Å². The van der Waals surface area contributed by atoms with E-state index in [0.717, 1.165) is 16.7 Å². The highest BCUT2D eigenvalue weighted by atomic mass is 16.5. The molecule has 0 saturated heterocycles. The predicted octanol–water partition coefficient (Wildman–Crippen LogP) is 4.90. The van der Waals surface area contributed by atoms with Gasteiger partial charge in [-0.3, -0.25) is 9.59 Å². The van der Waals surface area contributed by atoms with Crippen LogP contribution in [-0.2, 0) is 4.79 Å². The van der Waals surface area contributed by atoms with Crippen LogP contribution in [0.5, 0.6) is 11.5 Å². The van der Waals surface area contributed by atoms with Gasteiger partial charge in [-0.1, -0.05) is 54.6 Å². The summed E-state index contributed by atoms with van der Waals surface area (Å²) in [7, 11) is 0. The van der Waals surface area contributed by atoms with Crippen molar-refractivity contribution >= 4 is 17.8 Å². The fourth-order valence-corrected chi connectivity index (χ4v) is 2.95. The summed E-state index contributed by atoms with van der Waals surface area (Å²) >= 11 is 0. The van der Waals surface area contributed by atoms with Crippen LogP contribution >= 0.6 is 0 Å². The summed E-state index contributed by atoms with van der Waals surface area (Å²) in [6, 6.07) is 22.7. The van der Waals surface area contributed by atoms with Crippen molar-refractivity contribution in [1.82, 2.24) is 0 Å². The van der Waals surface area contributed by atoms with Gasteiger partial charge in [0.2, 0.25) is 5.78 Å². The van der Waals surface area contributed by atoms with Gasteiger partial charge in [-0.2, -0.15) is 0 Å². The highest BCUT2D eigenvalue weighted by molar-refractivity contribution is 6.14. The lowest BCUT2D eigenvalue weighted by atomic mass is 10.0. The maximum Gasteiger partial charge on any atom is 0.308 e. The van der Waals surface area contributed by atoms with E-state index in [1.54, 1.807) is 24.3 Å². The first-order valence-electron chi connectivity index (χ1n) is 8.52. The Bertz CT molecular complexity index is 1050. The van der Waals surface area contributed by atoms with Crippen molar-refractivity contribution < 1.29 is 19.1 Å². The molecule has 0 N–H and O–H groups in total. The third-order valence-electron chi connectivity index (χ3n) is 4.22. The molecule has 1 aliphatic heterocycles. The summed E-state index contributed by atoms with van der Waals surface area (Å²) in [6.45, 7) is 1.32. The molecule has 0 aromatic heterocycles.